The summed E-state index contributed by atoms with van der Waals surface area (Å²) in [5.74, 6) is -4.80. The lowest BCUT2D eigenvalue weighted by atomic mass is 9.98. The van der Waals surface area contributed by atoms with Crippen molar-refractivity contribution in [2.75, 3.05) is 22.5 Å². The van der Waals surface area contributed by atoms with Crippen molar-refractivity contribution in [1.29, 1.82) is 0 Å². The first kappa shape index (κ1) is 31.8. The molecular formula is C27H18Cl4F5N3O3. The Morgan fingerprint density at radius 3 is 2.26 bits per heavy atom. The molecule has 1 fully saturated rings. The molecule has 2 amide bonds. The van der Waals surface area contributed by atoms with E-state index >= 15 is 0 Å². The van der Waals surface area contributed by atoms with E-state index in [4.69, 9.17) is 46.4 Å². The topological polar surface area (TPSA) is 87.3 Å². The number of carbonyl (C=O) groups is 3. The van der Waals surface area contributed by atoms with Crippen molar-refractivity contribution in [3.8, 4) is 0 Å². The SMILES string of the molecule is CC(=O)Nc1c(F)ccc(NC(=O)c2cc(NCC3(C=O)[C@H](c4ccc(F)c(C(F)(F)F)c4)C3(Cl)Cl)ccc2Cl)c1Cl. The second-order valence-electron chi connectivity index (χ2n) is 9.42. The zero-order valence-corrected chi connectivity index (χ0v) is 24.1. The van der Waals surface area contributed by atoms with Crippen molar-refractivity contribution >= 4 is 81.6 Å². The highest BCUT2D eigenvalue weighted by molar-refractivity contribution is 6.54. The zero-order valence-electron chi connectivity index (χ0n) is 21.1. The van der Waals surface area contributed by atoms with Gasteiger partial charge in [-0.05, 0) is 48.0 Å². The molecule has 0 saturated heterocycles. The van der Waals surface area contributed by atoms with Crippen LogP contribution in [0, 0.1) is 17.0 Å². The average Bonchev–Trinajstić information content (AvgIpc) is 3.41. The quantitative estimate of drug-likeness (QED) is 0.129. The molecule has 0 aliphatic heterocycles. The van der Waals surface area contributed by atoms with Gasteiger partial charge in [-0.3, -0.25) is 9.59 Å². The predicted molar refractivity (Wildman–Crippen MR) is 151 cm³/mol. The summed E-state index contributed by atoms with van der Waals surface area (Å²) < 4.78 is 65.9. The Hall–Kier alpha value is -3.12. The second kappa shape index (κ2) is 11.5. The highest BCUT2D eigenvalue weighted by Crippen LogP contribution is 2.73. The van der Waals surface area contributed by atoms with Crippen LogP contribution in [0.5, 0.6) is 0 Å². The van der Waals surface area contributed by atoms with Crippen molar-refractivity contribution in [3.05, 3.63) is 86.9 Å². The van der Waals surface area contributed by atoms with Crippen LogP contribution in [0.1, 0.15) is 34.3 Å². The maximum atomic E-state index is 14.1. The van der Waals surface area contributed by atoms with Gasteiger partial charge in [-0.15, -0.1) is 0 Å². The van der Waals surface area contributed by atoms with E-state index in [1.807, 2.05) is 0 Å². The first-order valence-electron chi connectivity index (χ1n) is 11.8. The molecule has 1 aliphatic rings. The Labute approximate surface area is 255 Å². The largest absolute Gasteiger partial charge is 0.419 e. The van der Waals surface area contributed by atoms with Crippen LogP contribution in [-0.4, -0.2) is 29.0 Å². The summed E-state index contributed by atoms with van der Waals surface area (Å²) >= 11 is 25.1. The monoisotopic (exact) mass is 667 g/mol. The van der Waals surface area contributed by atoms with E-state index in [9.17, 15) is 36.3 Å². The van der Waals surface area contributed by atoms with E-state index < -0.39 is 50.9 Å². The number of alkyl halides is 5. The first-order chi connectivity index (χ1) is 19.5. The van der Waals surface area contributed by atoms with Gasteiger partial charge >= 0.3 is 6.18 Å². The molecule has 0 aromatic heterocycles. The lowest BCUT2D eigenvalue weighted by molar-refractivity contribution is -0.140. The number of rotatable bonds is 8. The van der Waals surface area contributed by atoms with Gasteiger partial charge in [-0.1, -0.05) is 52.5 Å². The van der Waals surface area contributed by atoms with Gasteiger partial charge in [0.25, 0.3) is 5.91 Å². The van der Waals surface area contributed by atoms with E-state index in [-0.39, 0.29) is 44.8 Å². The van der Waals surface area contributed by atoms with Crippen LogP contribution < -0.4 is 16.0 Å². The third kappa shape index (κ3) is 5.88. The van der Waals surface area contributed by atoms with Crippen LogP contribution in [0.4, 0.5) is 39.0 Å². The standard InChI is InChI=1S/C27H18Cl4F5N3O3/c1-12(41)38-22-19(33)6-7-20(21(22)29)39-24(42)15-9-14(3-4-17(15)28)37-10-25(11-40)23(26(25,30)31)13-2-5-18(32)16(8-13)27(34,35)36/h2-9,11,23,37H,10H2,1H3,(H,38,41)(H,39,42)/t23-,25?/m0/s1. The third-order valence-corrected chi connectivity index (χ3v) is 8.55. The van der Waals surface area contributed by atoms with Gasteiger partial charge in [0.2, 0.25) is 5.91 Å². The molecule has 1 aliphatic carbocycles. The molecule has 222 valence electrons. The van der Waals surface area contributed by atoms with Crippen LogP contribution in [0.25, 0.3) is 0 Å². The lowest BCUT2D eigenvalue weighted by Gasteiger charge is -2.16. The first-order valence-corrected chi connectivity index (χ1v) is 13.4. The number of carbonyl (C=O) groups excluding carboxylic acids is 3. The maximum Gasteiger partial charge on any atom is 0.419 e. The highest BCUT2D eigenvalue weighted by Gasteiger charge is 2.76. The molecule has 0 radical (unpaired) electrons. The van der Waals surface area contributed by atoms with Crippen molar-refractivity contribution in [2.24, 2.45) is 5.41 Å². The van der Waals surface area contributed by atoms with Crippen molar-refractivity contribution in [3.63, 3.8) is 0 Å². The molecule has 6 nitrogen and oxygen atoms in total. The number of hydrogen-bond acceptors (Lipinski definition) is 4. The number of aldehydes is 1. The summed E-state index contributed by atoms with van der Waals surface area (Å²) in [6.45, 7) is 0.870. The fourth-order valence-corrected chi connectivity index (χ4v) is 5.94. The van der Waals surface area contributed by atoms with E-state index in [2.05, 4.69) is 16.0 Å². The van der Waals surface area contributed by atoms with Crippen molar-refractivity contribution in [1.82, 2.24) is 0 Å². The van der Waals surface area contributed by atoms with Crippen molar-refractivity contribution < 1.29 is 36.3 Å². The Morgan fingerprint density at radius 1 is 0.976 bits per heavy atom. The Morgan fingerprint density at radius 2 is 1.64 bits per heavy atom. The normalized spacial score (nSPS) is 19.1. The van der Waals surface area contributed by atoms with Crippen LogP contribution in [-0.2, 0) is 15.8 Å². The smallest absolute Gasteiger partial charge is 0.384 e. The molecule has 1 unspecified atom stereocenters. The molecule has 4 rings (SSSR count). The molecule has 15 heteroatoms. The number of anilines is 3. The minimum Gasteiger partial charge on any atom is -0.384 e. The fraction of sp³-hybridized carbons (Fsp3) is 0.222. The van der Waals surface area contributed by atoms with Gasteiger partial charge in [0.05, 0.1) is 38.0 Å². The minimum atomic E-state index is -4.98. The van der Waals surface area contributed by atoms with Gasteiger partial charge in [0.15, 0.2) is 0 Å². The van der Waals surface area contributed by atoms with Gasteiger partial charge in [0.1, 0.15) is 22.3 Å². The number of benzene rings is 3. The second-order valence-corrected chi connectivity index (χ2v) is 11.6. The summed E-state index contributed by atoms with van der Waals surface area (Å²) in [6, 6.07) is 8.55. The van der Waals surface area contributed by atoms with Gasteiger partial charge in [-0.25, -0.2) is 8.78 Å². The van der Waals surface area contributed by atoms with Crippen LogP contribution >= 0.6 is 46.4 Å². The molecule has 0 spiro atoms. The van der Waals surface area contributed by atoms with Gasteiger partial charge in [-0.2, -0.15) is 13.2 Å². The molecule has 1 saturated carbocycles. The average molecular weight is 669 g/mol. The highest BCUT2D eigenvalue weighted by atomic mass is 35.5. The van der Waals surface area contributed by atoms with E-state index in [1.165, 1.54) is 24.3 Å². The zero-order chi connectivity index (χ0) is 31.2. The van der Waals surface area contributed by atoms with Gasteiger partial charge < -0.3 is 20.7 Å². The molecule has 0 bridgehead atoms. The van der Waals surface area contributed by atoms with E-state index in [0.717, 1.165) is 19.1 Å². The summed E-state index contributed by atoms with van der Waals surface area (Å²) in [5.41, 5.74) is -3.42. The maximum absolute atomic E-state index is 14.1. The Bertz CT molecular complexity index is 1600. The molecule has 2 atom stereocenters. The van der Waals surface area contributed by atoms with E-state index in [1.54, 1.807) is 0 Å². The van der Waals surface area contributed by atoms with Crippen molar-refractivity contribution in [2.45, 2.75) is 23.4 Å². The molecule has 3 aromatic rings. The van der Waals surface area contributed by atoms with Crippen LogP contribution in [0.15, 0.2) is 48.5 Å². The summed E-state index contributed by atoms with van der Waals surface area (Å²) in [4.78, 5) is 36.6. The van der Waals surface area contributed by atoms with Crippen LogP contribution in [0.3, 0.4) is 0 Å². The summed E-state index contributed by atoms with van der Waals surface area (Å²) in [5, 5.41) is 7.33. The number of hydrogen-bond donors (Lipinski definition) is 3. The molecule has 42 heavy (non-hydrogen) atoms. The molecule has 0 heterocycles. The van der Waals surface area contributed by atoms with Crippen LogP contribution in [0.2, 0.25) is 10.0 Å². The number of halogens is 9. The molecule has 3 aromatic carbocycles. The van der Waals surface area contributed by atoms with E-state index in [0.29, 0.717) is 18.4 Å². The van der Waals surface area contributed by atoms with Gasteiger partial charge in [0, 0.05) is 25.1 Å². The third-order valence-electron chi connectivity index (χ3n) is 6.69. The fourth-order valence-electron chi connectivity index (χ4n) is 4.52. The summed E-state index contributed by atoms with van der Waals surface area (Å²) in [7, 11) is 0. The predicted octanol–water partition coefficient (Wildman–Crippen LogP) is 8.07. The Balaban J connectivity index is 1.56. The lowest BCUT2D eigenvalue weighted by Crippen LogP contribution is -2.23. The number of amides is 2. The molecular weight excluding hydrogens is 651 g/mol. The summed E-state index contributed by atoms with van der Waals surface area (Å²) in [6.07, 6.45) is -4.57. The number of nitrogens with one attached hydrogen (secondary N) is 3. The minimum absolute atomic E-state index is 0.00259. The Kier molecular flexibility index (Phi) is 8.72. The molecule has 3 N–H and O–H groups in total.